The molecule has 1 aliphatic rings. The monoisotopic (exact) mass is 287 g/mol. The van der Waals surface area contributed by atoms with Gasteiger partial charge >= 0.3 is 5.97 Å². The van der Waals surface area contributed by atoms with Gasteiger partial charge in [-0.2, -0.15) is 0 Å². The van der Waals surface area contributed by atoms with Crippen molar-refractivity contribution in [2.75, 3.05) is 13.1 Å². The Morgan fingerprint density at radius 1 is 1.57 bits per heavy atom. The molecule has 0 radical (unpaired) electrons. The second-order valence-corrected chi connectivity index (χ2v) is 6.29. The van der Waals surface area contributed by atoms with Crippen LogP contribution in [-0.4, -0.2) is 39.0 Å². The van der Waals surface area contributed by atoms with Crippen molar-refractivity contribution in [2.24, 2.45) is 11.3 Å². The number of H-pyrrole nitrogens is 1. The molecule has 21 heavy (non-hydrogen) atoms. The number of rotatable bonds is 4. The number of carboxylic acid groups (broad SMARTS) is 1. The van der Waals surface area contributed by atoms with Crippen LogP contribution in [0.1, 0.15) is 25.8 Å². The fourth-order valence-corrected chi connectivity index (χ4v) is 3.33. The lowest BCUT2D eigenvalue weighted by molar-refractivity contribution is -0.151. The largest absolute Gasteiger partial charge is 0.481 e. The first-order valence-electron chi connectivity index (χ1n) is 7.39. The van der Waals surface area contributed by atoms with Gasteiger partial charge < -0.3 is 10.1 Å². The number of nitrogens with one attached hydrogen (secondary N) is 1. The van der Waals surface area contributed by atoms with Crippen molar-refractivity contribution in [3.05, 3.63) is 30.1 Å². The van der Waals surface area contributed by atoms with E-state index in [1.165, 1.54) is 5.56 Å². The number of aromatic nitrogens is 2. The molecule has 3 heterocycles. The number of aliphatic carboxylic acids is 1. The smallest absolute Gasteiger partial charge is 0.311 e. The Labute approximate surface area is 124 Å². The maximum Gasteiger partial charge on any atom is 0.311 e. The van der Waals surface area contributed by atoms with E-state index in [4.69, 9.17) is 0 Å². The van der Waals surface area contributed by atoms with Crippen molar-refractivity contribution in [3.63, 3.8) is 0 Å². The van der Waals surface area contributed by atoms with Crippen LogP contribution in [0, 0.1) is 11.3 Å². The van der Waals surface area contributed by atoms with Crippen LogP contribution in [-0.2, 0) is 11.3 Å². The summed E-state index contributed by atoms with van der Waals surface area (Å²) >= 11 is 0. The van der Waals surface area contributed by atoms with Gasteiger partial charge in [0.15, 0.2) is 0 Å². The number of hydrogen-bond donors (Lipinski definition) is 2. The summed E-state index contributed by atoms with van der Waals surface area (Å²) in [6.45, 7) is 6.23. The molecule has 1 unspecified atom stereocenters. The first-order valence-corrected chi connectivity index (χ1v) is 7.39. The molecule has 5 nitrogen and oxygen atoms in total. The van der Waals surface area contributed by atoms with E-state index in [1.807, 2.05) is 26.1 Å². The van der Waals surface area contributed by atoms with Crippen molar-refractivity contribution >= 4 is 17.0 Å². The third-order valence-corrected chi connectivity index (χ3v) is 4.84. The predicted molar refractivity (Wildman–Crippen MR) is 80.9 cm³/mol. The SMILES string of the molecule is CC(C)C1(C(=O)O)CCN(Cc2c[nH]c3ncccc23)C1. The molecule has 0 aromatic carbocycles. The third-order valence-electron chi connectivity index (χ3n) is 4.84. The highest BCUT2D eigenvalue weighted by atomic mass is 16.4. The van der Waals surface area contributed by atoms with E-state index >= 15 is 0 Å². The van der Waals surface area contributed by atoms with Crippen molar-refractivity contribution in [3.8, 4) is 0 Å². The molecule has 0 saturated carbocycles. The van der Waals surface area contributed by atoms with Crippen LogP contribution in [0.3, 0.4) is 0 Å². The average molecular weight is 287 g/mol. The number of nitrogens with zero attached hydrogens (tertiary/aromatic N) is 2. The normalized spacial score (nSPS) is 23.2. The van der Waals surface area contributed by atoms with Crippen molar-refractivity contribution in [2.45, 2.75) is 26.8 Å². The first-order chi connectivity index (χ1) is 10.0. The van der Waals surface area contributed by atoms with Gasteiger partial charge in [-0.25, -0.2) is 4.98 Å². The molecule has 1 aliphatic heterocycles. The summed E-state index contributed by atoms with van der Waals surface area (Å²) in [5, 5.41) is 10.7. The van der Waals surface area contributed by atoms with Gasteiger partial charge in [-0.15, -0.1) is 0 Å². The van der Waals surface area contributed by atoms with Crippen molar-refractivity contribution in [1.82, 2.24) is 14.9 Å². The highest BCUT2D eigenvalue weighted by Crippen LogP contribution is 2.39. The van der Waals surface area contributed by atoms with Crippen LogP contribution in [0.5, 0.6) is 0 Å². The second-order valence-electron chi connectivity index (χ2n) is 6.29. The zero-order valence-electron chi connectivity index (χ0n) is 12.5. The summed E-state index contributed by atoms with van der Waals surface area (Å²) in [6.07, 6.45) is 4.47. The molecule has 1 saturated heterocycles. The number of aromatic amines is 1. The van der Waals surface area contributed by atoms with Crippen LogP contribution in [0.2, 0.25) is 0 Å². The Kier molecular flexibility index (Phi) is 3.45. The van der Waals surface area contributed by atoms with Gasteiger partial charge in [0.25, 0.3) is 0 Å². The van der Waals surface area contributed by atoms with Gasteiger partial charge in [0.1, 0.15) is 5.65 Å². The van der Waals surface area contributed by atoms with Crippen LogP contribution in [0.15, 0.2) is 24.5 Å². The minimum Gasteiger partial charge on any atom is -0.481 e. The Bertz CT molecular complexity index is 664. The summed E-state index contributed by atoms with van der Waals surface area (Å²) in [6, 6.07) is 3.98. The topological polar surface area (TPSA) is 69.2 Å². The number of carbonyl (C=O) groups is 1. The number of likely N-dealkylation sites (tertiary alicyclic amines) is 1. The molecule has 112 valence electrons. The van der Waals surface area contributed by atoms with Gasteiger partial charge in [-0.3, -0.25) is 9.69 Å². The Morgan fingerprint density at radius 2 is 2.38 bits per heavy atom. The molecule has 0 amide bonds. The van der Waals surface area contributed by atoms with Crippen molar-refractivity contribution < 1.29 is 9.90 Å². The molecule has 2 aromatic rings. The van der Waals surface area contributed by atoms with Gasteiger partial charge in [0.05, 0.1) is 5.41 Å². The molecular weight excluding hydrogens is 266 g/mol. The molecule has 2 N–H and O–H groups in total. The average Bonchev–Trinajstić information content (AvgIpc) is 3.05. The maximum absolute atomic E-state index is 11.7. The minimum atomic E-state index is -0.666. The van der Waals surface area contributed by atoms with Gasteiger partial charge in [0, 0.05) is 30.9 Å². The first kappa shape index (κ1) is 14.1. The molecule has 3 rings (SSSR count). The lowest BCUT2D eigenvalue weighted by Gasteiger charge is -2.28. The molecule has 2 aromatic heterocycles. The van der Waals surface area contributed by atoms with Crippen LogP contribution in [0.25, 0.3) is 11.0 Å². The van der Waals surface area contributed by atoms with Gasteiger partial charge in [0.2, 0.25) is 0 Å². The van der Waals surface area contributed by atoms with E-state index in [0.717, 1.165) is 30.5 Å². The number of carboxylic acids is 1. The van der Waals surface area contributed by atoms with Crippen molar-refractivity contribution in [1.29, 1.82) is 0 Å². The van der Waals surface area contributed by atoms with E-state index in [1.54, 1.807) is 6.20 Å². The number of fused-ring (bicyclic) bond motifs is 1. The quantitative estimate of drug-likeness (QED) is 0.906. The molecule has 1 atom stereocenters. The van der Waals surface area contributed by atoms with Crippen LogP contribution in [0.4, 0.5) is 0 Å². The third kappa shape index (κ3) is 2.31. The van der Waals surface area contributed by atoms with E-state index in [9.17, 15) is 9.90 Å². The molecule has 0 aliphatic carbocycles. The summed E-state index contributed by atoms with van der Waals surface area (Å²) in [4.78, 5) is 21.4. The van der Waals surface area contributed by atoms with E-state index in [2.05, 4.69) is 20.9 Å². The van der Waals surface area contributed by atoms with Gasteiger partial charge in [-0.05, 0) is 36.6 Å². The summed E-state index contributed by atoms with van der Waals surface area (Å²) in [7, 11) is 0. The van der Waals surface area contributed by atoms with Crippen LogP contribution < -0.4 is 0 Å². The molecule has 0 spiro atoms. The van der Waals surface area contributed by atoms with E-state index in [0.29, 0.717) is 6.54 Å². The highest BCUT2D eigenvalue weighted by molar-refractivity contribution is 5.79. The second kappa shape index (κ2) is 5.15. The number of hydrogen-bond acceptors (Lipinski definition) is 3. The zero-order valence-corrected chi connectivity index (χ0v) is 12.5. The summed E-state index contributed by atoms with van der Waals surface area (Å²) < 4.78 is 0. The molecule has 0 bridgehead atoms. The molecular formula is C16H21N3O2. The van der Waals surface area contributed by atoms with E-state index in [-0.39, 0.29) is 5.92 Å². The lowest BCUT2D eigenvalue weighted by atomic mass is 9.76. The number of pyridine rings is 1. The zero-order chi connectivity index (χ0) is 15.0. The van der Waals surface area contributed by atoms with Crippen LogP contribution >= 0.6 is 0 Å². The Morgan fingerprint density at radius 3 is 3.05 bits per heavy atom. The Hall–Kier alpha value is -1.88. The van der Waals surface area contributed by atoms with E-state index < -0.39 is 11.4 Å². The Balaban J connectivity index is 1.80. The van der Waals surface area contributed by atoms with Gasteiger partial charge in [-0.1, -0.05) is 13.8 Å². The summed E-state index contributed by atoms with van der Waals surface area (Å²) in [5.41, 5.74) is 1.47. The molecule has 1 fully saturated rings. The predicted octanol–water partition coefficient (Wildman–Crippen LogP) is 2.50. The fraction of sp³-hybridized carbons (Fsp3) is 0.500. The highest BCUT2D eigenvalue weighted by Gasteiger charge is 2.47. The molecule has 5 heteroatoms. The fourth-order valence-electron chi connectivity index (χ4n) is 3.33. The summed E-state index contributed by atoms with van der Waals surface area (Å²) in [5.74, 6) is -0.523. The standard InChI is InChI=1S/C16H21N3O2/c1-11(2)16(15(20)21)5-7-19(10-16)9-12-8-18-14-13(12)4-3-6-17-14/h3-4,6,8,11H,5,7,9-10H2,1-2H3,(H,17,18)(H,20,21). The minimum absolute atomic E-state index is 0.143. The maximum atomic E-state index is 11.7. The lowest BCUT2D eigenvalue weighted by Crippen LogP contribution is -2.39.